The van der Waals surface area contributed by atoms with E-state index in [0.717, 1.165) is 48.8 Å². The summed E-state index contributed by atoms with van der Waals surface area (Å²) in [7, 11) is 1.72. The second kappa shape index (κ2) is 8.10. The number of rotatable bonds is 6. The highest BCUT2D eigenvalue weighted by molar-refractivity contribution is 5.85. The first kappa shape index (κ1) is 19.6. The van der Waals surface area contributed by atoms with Gasteiger partial charge in [-0.15, -0.1) is 0 Å². The van der Waals surface area contributed by atoms with Crippen LogP contribution < -0.4 is 14.2 Å². The first-order chi connectivity index (χ1) is 15.8. The minimum atomic E-state index is 0.321. The number of aromatic nitrogens is 2. The van der Waals surface area contributed by atoms with Crippen LogP contribution in [0.15, 0.2) is 42.6 Å². The summed E-state index contributed by atoms with van der Waals surface area (Å²) in [5.74, 6) is 3.21. The molecule has 0 aliphatic carbocycles. The van der Waals surface area contributed by atoms with E-state index in [1.165, 1.54) is 46.8 Å². The fourth-order valence-corrected chi connectivity index (χ4v) is 5.22. The lowest BCUT2D eigenvalue weighted by Crippen LogP contribution is -2.33. The molecule has 32 heavy (non-hydrogen) atoms. The summed E-state index contributed by atoms with van der Waals surface area (Å²) in [6, 6.07) is 12.7. The van der Waals surface area contributed by atoms with Crippen molar-refractivity contribution in [1.29, 1.82) is 0 Å². The molecule has 2 aliphatic heterocycles. The molecule has 0 unspecified atom stereocenters. The number of piperidine rings is 1. The Bertz CT molecular complexity index is 1210. The minimum Gasteiger partial charge on any atom is -0.497 e. The molecule has 6 rings (SSSR count). The largest absolute Gasteiger partial charge is 0.497 e. The van der Waals surface area contributed by atoms with Crippen LogP contribution in [-0.2, 0) is 6.42 Å². The molecule has 1 saturated heterocycles. The van der Waals surface area contributed by atoms with Gasteiger partial charge < -0.3 is 29.1 Å². The molecule has 0 atom stereocenters. The minimum absolute atomic E-state index is 0.321. The number of H-pyrrole nitrogens is 2. The Morgan fingerprint density at radius 1 is 1.03 bits per heavy atom. The van der Waals surface area contributed by atoms with Crippen LogP contribution >= 0.6 is 0 Å². The zero-order valence-corrected chi connectivity index (χ0v) is 18.4. The molecule has 4 aromatic rings. The van der Waals surface area contributed by atoms with Gasteiger partial charge in [0, 0.05) is 45.7 Å². The third-order valence-electron chi connectivity index (χ3n) is 7.06. The van der Waals surface area contributed by atoms with E-state index in [9.17, 15) is 0 Å². The van der Waals surface area contributed by atoms with Crippen LogP contribution in [-0.4, -0.2) is 48.4 Å². The van der Waals surface area contributed by atoms with E-state index in [-0.39, 0.29) is 0 Å². The van der Waals surface area contributed by atoms with Gasteiger partial charge in [0.2, 0.25) is 6.79 Å². The predicted molar refractivity (Wildman–Crippen MR) is 126 cm³/mol. The van der Waals surface area contributed by atoms with Gasteiger partial charge in [-0.3, -0.25) is 0 Å². The summed E-state index contributed by atoms with van der Waals surface area (Å²) in [5.41, 5.74) is 5.05. The standard InChI is InChI=1S/C26H29N3O3/c1-30-20-4-5-22-21(13-20)18(15-27-22)3-2-8-29-9-6-17(7-10-29)23-11-19-12-25-26(32-16-31-25)14-24(19)28-23/h4-5,11-15,17,27-28H,2-3,6-10,16H2,1H3. The number of aryl methyl sites for hydroxylation is 1. The maximum Gasteiger partial charge on any atom is 0.231 e. The number of hydrogen-bond donors (Lipinski definition) is 2. The summed E-state index contributed by atoms with van der Waals surface area (Å²) in [4.78, 5) is 9.63. The predicted octanol–water partition coefficient (Wildman–Crippen LogP) is 5.20. The Kier molecular flexibility index (Phi) is 4.95. The molecule has 0 bridgehead atoms. The molecule has 4 heterocycles. The lowest BCUT2D eigenvalue weighted by atomic mass is 9.93. The number of nitrogens with one attached hydrogen (secondary N) is 2. The Labute approximate surface area is 187 Å². The van der Waals surface area contributed by atoms with Crippen LogP contribution in [0.25, 0.3) is 21.8 Å². The van der Waals surface area contributed by atoms with E-state index < -0.39 is 0 Å². The smallest absolute Gasteiger partial charge is 0.231 e. The Morgan fingerprint density at radius 3 is 2.72 bits per heavy atom. The zero-order valence-electron chi connectivity index (χ0n) is 18.4. The zero-order chi connectivity index (χ0) is 21.5. The van der Waals surface area contributed by atoms with E-state index >= 15 is 0 Å². The van der Waals surface area contributed by atoms with Gasteiger partial charge in [0.05, 0.1) is 7.11 Å². The van der Waals surface area contributed by atoms with Gasteiger partial charge in [-0.1, -0.05) is 0 Å². The van der Waals surface area contributed by atoms with Gasteiger partial charge in [0.25, 0.3) is 0 Å². The second-order valence-corrected chi connectivity index (χ2v) is 8.96. The lowest BCUT2D eigenvalue weighted by Gasteiger charge is -2.31. The summed E-state index contributed by atoms with van der Waals surface area (Å²) >= 11 is 0. The third kappa shape index (κ3) is 3.58. The average molecular weight is 432 g/mol. The normalized spacial score (nSPS) is 16.9. The first-order valence-electron chi connectivity index (χ1n) is 11.6. The molecule has 6 nitrogen and oxygen atoms in total. The fourth-order valence-electron chi connectivity index (χ4n) is 5.22. The first-order valence-corrected chi connectivity index (χ1v) is 11.6. The molecule has 0 spiro atoms. The van der Waals surface area contributed by atoms with Crippen molar-refractivity contribution in [2.24, 2.45) is 0 Å². The number of aromatic amines is 2. The quantitative estimate of drug-likeness (QED) is 0.441. The van der Waals surface area contributed by atoms with Crippen LogP contribution in [0, 0.1) is 0 Å². The number of ether oxygens (including phenoxy) is 3. The van der Waals surface area contributed by atoms with Gasteiger partial charge in [-0.05, 0) is 81.2 Å². The Balaban J connectivity index is 1.04. The van der Waals surface area contributed by atoms with Crippen LogP contribution in [0.2, 0.25) is 0 Å². The summed E-state index contributed by atoms with van der Waals surface area (Å²) in [6.45, 7) is 3.79. The maximum absolute atomic E-state index is 5.52. The van der Waals surface area contributed by atoms with Gasteiger partial charge >= 0.3 is 0 Å². The molecule has 2 aromatic carbocycles. The highest BCUT2D eigenvalue weighted by atomic mass is 16.7. The molecular formula is C26H29N3O3. The van der Waals surface area contributed by atoms with E-state index in [1.807, 2.05) is 6.07 Å². The van der Waals surface area contributed by atoms with Crippen molar-refractivity contribution in [2.75, 3.05) is 33.5 Å². The van der Waals surface area contributed by atoms with Gasteiger partial charge in [-0.2, -0.15) is 0 Å². The Morgan fingerprint density at radius 2 is 1.88 bits per heavy atom. The lowest BCUT2D eigenvalue weighted by molar-refractivity contribution is 0.174. The molecule has 6 heteroatoms. The van der Waals surface area contributed by atoms with Crippen LogP contribution in [0.4, 0.5) is 0 Å². The number of hydrogen-bond acceptors (Lipinski definition) is 4. The fraction of sp³-hybridized carbons (Fsp3) is 0.385. The van der Waals surface area contributed by atoms with Gasteiger partial charge in [0.1, 0.15) is 5.75 Å². The monoisotopic (exact) mass is 431 g/mol. The number of nitrogens with zero attached hydrogens (tertiary/aromatic N) is 1. The summed E-state index contributed by atoms with van der Waals surface area (Å²) in [6.07, 6.45) is 6.81. The highest BCUT2D eigenvalue weighted by Gasteiger charge is 2.23. The van der Waals surface area contributed by atoms with Crippen LogP contribution in [0.3, 0.4) is 0 Å². The topological polar surface area (TPSA) is 62.5 Å². The highest BCUT2D eigenvalue weighted by Crippen LogP contribution is 2.38. The van der Waals surface area contributed by atoms with Gasteiger partial charge in [0.15, 0.2) is 11.5 Å². The number of likely N-dealkylation sites (tertiary alicyclic amines) is 1. The third-order valence-corrected chi connectivity index (χ3v) is 7.06. The number of methoxy groups -OCH3 is 1. The molecule has 2 aliphatic rings. The van der Waals surface area contributed by atoms with E-state index in [4.69, 9.17) is 14.2 Å². The second-order valence-electron chi connectivity index (χ2n) is 8.96. The molecule has 166 valence electrons. The number of fused-ring (bicyclic) bond motifs is 3. The van der Waals surface area contributed by atoms with Crippen molar-refractivity contribution in [3.63, 3.8) is 0 Å². The van der Waals surface area contributed by atoms with Crippen LogP contribution in [0.5, 0.6) is 17.2 Å². The summed E-state index contributed by atoms with van der Waals surface area (Å²) in [5, 5.41) is 2.49. The van der Waals surface area contributed by atoms with E-state index in [0.29, 0.717) is 12.7 Å². The van der Waals surface area contributed by atoms with Crippen molar-refractivity contribution in [3.05, 3.63) is 53.9 Å². The van der Waals surface area contributed by atoms with Crippen molar-refractivity contribution in [2.45, 2.75) is 31.6 Å². The molecule has 1 fully saturated rings. The van der Waals surface area contributed by atoms with Crippen molar-refractivity contribution >= 4 is 21.8 Å². The molecule has 0 amide bonds. The number of benzene rings is 2. The molecule has 2 N–H and O–H groups in total. The Hall–Kier alpha value is -3.12. The molecular weight excluding hydrogens is 402 g/mol. The van der Waals surface area contributed by atoms with Crippen molar-refractivity contribution in [3.8, 4) is 17.2 Å². The SMILES string of the molecule is COc1ccc2[nH]cc(CCCN3CCC(c4cc5cc6c(cc5[nH]4)OCO6)CC3)c2c1. The molecule has 2 aromatic heterocycles. The van der Waals surface area contributed by atoms with E-state index in [1.54, 1.807) is 7.11 Å². The van der Waals surface area contributed by atoms with Crippen molar-refractivity contribution in [1.82, 2.24) is 14.9 Å². The van der Waals surface area contributed by atoms with Gasteiger partial charge in [-0.25, -0.2) is 0 Å². The average Bonchev–Trinajstić information content (AvgIpc) is 3.55. The van der Waals surface area contributed by atoms with Crippen molar-refractivity contribution < 1.29 is 14.2 Å². The summed E-state index contributed by atoms with van der Waals surface area (Å²) < 4.78 is 16.4. The maximum atomic E-state index is 5.52. The van der Waals surface area contributed by atoms with Crippen LogP contribution in [0.1, 0.15) is 36.4 Å². The van der Waals surface area contributed by atoms with E-state index in [2.05, 4.69) is 51.4 Å². The molecule has 0 saturated carbocycles. The molecule has 0 radical (unpaired) electrons.